The van der Waals surface area contributed by atoms with Gasteiger partial charge in [-0.2, -0.15) is 0 Å². The van der Waals surface area contributed by atoms with Crippen molar-refractivity contribution in [2.24, 2.45) is 0 Å². The van der Waals surface area contributed by atoms with Crippen LogP contribution < -0.4 is 26.2 Å². The van der Waals surface area contributed by atoms with Gasteiger partial charge in [0.05, 0.1) is 0 Å². The van der Waals surface area contributed by atoms with Crippen molar-refractivity contribution in [1.82, 2.24) is 0 Å². The van der Waals surface area contributed by atoms with Crippen LogP contribution >= 0.6 is 0 Å². The third-order valence-electron chi connectivity index (χ3n) is 10.7. The van der Waals surface area contributed by atoms with Crippen molar-refractivity contribution in [3.8, 4) is 33.4 Å². The Hall–Kier alpha value is -6.86. The normalized spacial score (nSPS) is 12.6. The van der Waals surface area contributed by atoms with E-state index in [2.05, 4.69) is 12.1 Å². The molecule has 8 aromatic rings. The molecule has 2 nitrogen and oxygen atoms in total. The van der Waals surface area contributed by atoms with Crippen molar-refractivity contribution in [3.63, 3.8) is 0 Å². The molecule has 2 aliphatic heterocycles. The van der Waals surface area contributed by atoms with Gasteiger partial charge in [-0.1, -0.05) is 127 Å². The van der Waals surface area contributed by atoms with Gasteiger partial charge in [-0.05, 0) is 98.3 Å². The summed E-state index contributed by atoms with van der Waals surface area (Å²) in [7, 11) is 0. The van der Waals surface area contributed by atoms with Crippen LogP contribution in [0.3, 0.4) is 0 Å². The van der Waals surface area contributed by atoms with Gasteiger partial charge in [-0.3, -0.25) is 0 Å². The maximum atomic E-state index is 16.2. The quantitative estimate of drug-likeness (QED) is 0.129. The Morgan fingerprint density at radius 1 is 0.309 bits per heavy atom. The Balaban J connectivity index is 1.37. The average molecular weight is 721 g/mol. The first-order valence-electron chi connectivity index (χ1n) is 18.1. The SMILES string of the molecule is Fc1cccc(F)c1N1c2ccc(-c3ccccc3)cc2B2c3cc(-c4ccccc4)ccc3N(c3c(F)cccc3F)c3cc(-c4ccccc4)cc1c32. The smallest absolute Gasteiger partial charge is 0.252 e. The lowest BCUT2D eigenvalue weighted by Gasteiger charge is -2.44. The Kier molecular flexibility index (Phi) is 7.70. The molecule has 8 aromatic carbocycles. The van der Waals surface area contributed by atoms with Gasteiger partial charge in [0, 0.05) is 22.7 Å². The van der Waals surface area contributed by atoms with Gasteiger partial charge in [0.15, 0.2) is 0 Å². The van der Waals surface area contributed by atoms with E-state index in [4.69, 9.17) is 0 Å². The predicted octanol–water partition coefficient (Wildman–Crippen LogP) is 11.3. The summed E-state index contributed by atoms with van der Waals surface area (Å²) in [5.41, 5.74) is 9.31. The minimum atomic E-state index is -0.741. The molecule has 0 bridgehead atoms. The molecule has 0 aromatic heterocycles. The molecule has 0 fully saturated rings. The number of anilines is 6. The van der Waals surface area contributed by atoms with E-state index in [0.717, 1.165) is 38.7 Å². The van der Waals surface area contributed by atoms with Crippen LogP contribution in [0.1, 0.15) is 0 Å². The Bertz CT molecular complexity index is 2570. The van der Waals surface area contributed by atoms with Gasteiger partial charge in [0.2, 0.25) is 0 Å². The number of hydrogen-bond acceptors (Lipinski definition) is 2. The summed E-state index contributed by atoms with van der Waals surface area (Å²) >= 11 is 0. The zero-order valence-corrected chi connectivity index (χ0v) is 29.2. The Morgan fingerprint density at radius 3 is 1.05 bits per heavy atom. The minimum Gasteiger partial charge on any atom is -0.306 e. The standard InChI is InChI=1S/C48H29BF4N2/c50-38-18-10-19-39(51)47(38)54-42-24-22-33(30-12-4-1-5-13-30)26-36(42)49-37-27-34(31-14-6-2-7-15-31)23-25-43(37)55(48-40(52)20-11-21-41(48)53)45-29-35(28-44(54)46(45)49)32-16-8-3-9-17-32/h1-29H. The molecule has 0 saturated carbocycles. The maximum absolute atomic E-state index is 16.2. The van der Waals surface area contributed by atoms with Crippen LogP contribution in [0.25, 0.3) is 33.4 Å². The molecule has 55 heavy (non-hydrogen) atoms. The number of hydrogen-bond donors (Lipinski definition) is 0. The minimum absolute atomic E-state index is 0.241. The second-order valence-electron chi connectivity index (χ2n) is 13.8. The van der Waals surface area contributed by atoms with Gasteiger partial charge in [-0.25, -0.2) is 17.6 Å². The van der Waals surface area contributed by atoms with Crippen LogP contribution in [0.15, 0.2) is 176 Å². The molecule has 7 heteroatoms. The predicted molar refractivity (Wildman–Crippen MR) is 217 cm³/mol. The van der Waals surface area contributed by atoms with E-state index in [1.807, 2.05) is 127 Å². The highest BCUT2D eigenvalue weighted by molar-refractivity contribution is 7.00. The first-order chi connectivity index (χ1) is 27.0. The highest BCUT2D eigenvalue weighted by Crippen LogP contribution is 2.48. The van der Waals surface area contributed by atoms with Crippen LogP contribution in [0, 0.1) is 23.3 Å². The molecule has 0 radical (unpaired) electrons. The molecule has 0 aliphatic carbocycles. The lowest BCUT2D eigenvalue weighted by Crippen LogP contribution is -2.61. The van der Waals surface area contributed by atoms with Gasteiger partial charge in [0.25, 0.3) is 6.71 Å². The van der Waals surface area contributed by atoms with Crippen molar-refractivity contribution in [2.45, 2.75) is 0 Å². The third-order valence-corrected chi connectivity index (χ3v) is 10.7. The molecule has 0 atom stereocenters. The van der Waals surface area contributed by atoms with E-state index in [1.165, 1.54) is 36.4 Å². The maximum Gasteiger partial charge on any atom is 0.252 e. The number of fused-ring (bicyclic) bond motifs is 4. The molecule has 262 valence electrons. The fourth-order valence-electron chi connectivity index (χ4n) is 8.31. The molecule has 0 spiro atoms. The van der Waals surface area contributed by atoms with Gasteiger partial charge < -0.3 is 9.80 Å². The molecule has 2 aliphatic rings. The fourth-order valence-corrected chi connectivity index (χ4v) is 8.31. The van der Waals surface area contributed by atoms with Crippen LogP contribution in [0.5, 0.6) is 0 Å². The van der Waals surface area contributed by atoms with E-state index in [1.54, 1.807) is 9.80 Å². The number of rotatable bonds is 5. The van der Waals surface area contributed by atoms with Crippen molar-refractivity contribution in [2.75, 3.05) is 9.80 Å². The highest BCUT2D eigenvalue weighted by atomic mass is 19.1. The molecule has 0 N–H and O–H groups in total. The molecular weight excluding hydrogens is 691 g/mol. The second-order valence-corrected chi connectivity index (χ2v) is 13.8. The molecule has 2 heterocycles. The van der Waals surface area contributed by atoms with E-state index < -0.39 is 30.0 Å². The summed E-state index contributed by atoms with van der Waals surface area (Å²) in [6.07, 6.45) is 0. The topological polar surface area (TPSA) is 6.48 Å². The molecule has 0 amide bonds. The Morgan fingerprint density at radius 2 is 0.673 bits per heavy atom. The van der Waals surface area contributed by atoms with E-state index in [0.29, 0.717) is 33.8 Å². The zero-order valence-electron chi connectivity index (χ0n) is 29.2. The summed E-state index contributed by atoms with van der Waals surface area (Å²) in [5, 5.41) is 0. The molecule has 0 saturated heterocycles. The number of nitrogens with zero attached hydrogens (tertiary/aromatic N) is 2. The molecule has 10 rings (SSSR count). The van der Waals surface area contributed by atoms with Gasteiger partial charge in [0.1, 0.15) is 34.6 Å². The van der Waals surface area contributed by atoms with Crippen molar-refractivity contribution in [1.29, 1.82) is 0 Å². The van der Waals surface area contributed by atoms with Crippen LogP contribution in [0.2, 0.25) is 0 Å². The van der Waals surface area contributed by atoms with E-state index in [-0.39, 0.29) is 11.4 Å². The zero-order chi connectivity index (χ0) is 37.2. The number of benzene rings is 8. The summed E-state index contributed by atoms with van der Waals surface area (Å²) in [4.78, 5) is 3.27. The molecular formula is C48H29BF4N2. The molecule has 0 unspecified atom stereocenters. The summed E-state index contributed by atoms with van der Waals surface area (Å²) in [5.74, 6) is -2.96. The monoisotopic (exact) mass is 720 g/mol. The van der Waals surface area contributed by atoms with Crippen LogP contribution in [0.4, 0.5) is 51.7 Å². The average Bonchev–Trinajstić information content (AvgIpc) is 3.22. The van der Waals surface area contributed by atoms with Crippen LogP contribution in [-0.4, -0.2) is 6.71 Å². The van der Waals surface area contributed by atoms with Crippen molar-refractivity contribution in [3.05, 3.63) is 199 Å². The second kappa shape index (κ2) is 12.9. The van der Waals surface area contributed by atoms with E-state index >= 15 is 17.6 Å². The summed E-state index contributed by atoms with van der Waals surface area (Å²) in [6, 6.07) is 53.0. The van der Waals surface area contributed by atoms with Gasteiger partial charge in [-0.15, -0.1) is 0 Å². The highest BCUT2D eigenvalue weighted by Gasteiger charge is 2.45. The van der Waals surface area contributed by atoms with Gasteiger partial charge >= 0.3 is 0 Å². The number of para-hydroxylation sites is 2. The third kappa shape index (κ3) is 5.26. The summed E-state index contributed by atoms with van der Waals surface area (Å²) < 4.78 is 64.9. The largest absolute Gasteiger partial charge is 0.306 e. The van der Waals surface area contributed by atoms with Crippen LogP contribution in [-0.2, 0) is 0 Å². The lowest BCUT2D eigenvalue weighted by atomic mass is 9.33. The first-order valence-corrected chi connectivity index (χ1v) is 18.1. The lowest BCUT2D eigenvalue weighted by molar-refractivity contribution is 0.585. The summed E-state index contributed by atoms with van der Waals surface area (Å²) in [6.45, 7) is -0.496. The van der Waals surface area contributed by atoms with E-state index in [9.17, 15) is 0 Å². The first kappa shape index (κ1) is 32.8. The number of halogens is 4. The van der Waals surface area contributed by atoms with Crippen molar-refractivity contribution < 1.29 is 17.6 Å². The fraction of sp³-hybridized carbons (Fsp3) is 0. The Labute approximate surface area is 316 Å². The van der Waals surface area contributed by atoms with Crippen molar-refractivity contribution >= 4 is 57.2 Å².